The summed E-state index contributed by atoms with van der Waals surface area (Å²) in [7, 11) is 0. The Morgan fingerprint density at radius 1 is 1.11 bits per heavy atom. The molecule has 0 radical (unpaired) electrons. The Balaban J connectivity index is 2.31. The fraction of sp³-hybridized carbons (Fsp3) is 0.556. The Hall–Kier alpha value is -1.08. The molecule has 3 unspecified atom stereocenters. The van der Waals surface area contributed by atoms with E-state index in [0.717, 1.165) is 0 Å². The molecule has 0 amide bonds. The van der Waals surface area contributed by atoms with E-state index in [1.54, 1.807) is 0 Å². The molecule has 1 aliphatic carbocycles. The van der Waals surface area contributed by atoms with Crippen molar-refractivity contribution in [3.8, 4) is 0 Å². The van der Waals surface area contributed by atoms with Crippen LogP contribution >= 0.6 is 0 Å². The van der Waals surface area contributed by atoms with Gasteiger partial charge in [0.15, 0.2) is 0 Å². The summed E-state index contributed by atoms with van der Waals surface area (Å²) < 4.78 is 0. The van der Waals surface area contributed by atoms with Crippen LogP contribution in [-0.4, -0.2) is 11.6 Å². The first-order valence-corrected chi connectivity index (χ1v) is 7.38. The van der Waals surface area contributed by atoms with Crippen LogP contribution in [0.3, 0.4) is 0 Å². The van der Waals surface area contributed by atoms with E-state index >= 15 is 0 Å². The van der Waals surface area contributed by atoms with Crippen LogP contribution in [0.15, 0.2) is 42.0 Å². The van der Waals surface area contributed by atoms with Crippen LogP contribution in [0, 0.1) is 5.92 Å². The van der Waals surface area contributed by atoms with Crippen LogP contribution in [0.4, 0.5) is 0 Å². The highest BCUT2D eigenvalue weighted by atomic mass is 15.0. The van der Waals surface area contributed by atoms with Crippen LogP contribution < -0.4 is 5.32 Å². The number of rotatable bonds is 2. The first-order chi connectivity index (χ1) is 8.87. The molecule has 0 aromatic heterocycles. The monoisotopic (exact) mass is 257 g/mol. The van der Waals surface area contributed by atoms with E-state index in [0.29, 0.717) is 17.9 Å². The minimum absolute atomic E-state index is 0.146. The summed E-state index contributed by atoms with van der Waals surface area (Å²) in [4.78, 5) is 0. The summed E-state index contributed by atoms with van der Waals surface area (Å²) in [6, 6.07) is 11.4. The zero-order valence-electron chi connectivity index (χ0n) is 12.9. The molecule has 0 saturated heterocycles. The number of hydrogen-bond acceptors (Lipinski definition) is 1. The van der Waals surface area contributed by atoms with Crippen molar-refractivity contribution in [2.24, 2.45) is 5.92 Å². The van der Waals surface area contributed by atoms with Gasteiger partial charge in [-0.25, -0.2) is 0 Å². The highest BCUT2D eigenvalue weighted by Crippen LogP contribution is 2.36. The van der Waals surface area contributed by atoms with Gasteiger partial charge < -0.3 is 5.32 Å². The third-order valence-electron chi connectivity index (χ3n) is 3.88. The Morgan fingerprint density at radius 3 is 2.32 bits per heavy atom. The molecule has 1 N–H and O–H groups in total. The summed E-state index contributed by atoms with van der Waals surface area (Å²) in [5, 5.41) is 3.81. The summed E-state index contributed by atoms with van der Waals surface area (Å²) in [6.07, 6.45) is 3.66. The van der Waals surface area contributed by atoms with Gasteiger partial charge in [-0.05, 0) is 45.6 Å². The Morgan fingerprint density at radius 2 is 1.74 bits per heavy atom. The van der Waals surface area contributed by atoms with Crippen LogP contribution in [0.2, 0.25) is 0 Å². The Labute approximate surface area is 118 Å². The molecule has 1 aromatic carbocycles. The second-order valence-corrected chi connectivity index (χ2v) is 7.01. The van der Waals surface area contributed by atoms with Crippen LogP contribution in [-0.2, 0) is 0 Å². The normalized spacial score (nSPS) is 28.1. The molecule has 0 bridgehead atoms. The summed E-state index contributed by atoms with van der Waals surface area (Å²) in [5.41, 5.74) is 3.10. The predicted octanol–water partition coefficient (Wildman–Crippen LogP) is 4.51. The maximum atomic E-state index is 3.81. The van der Waals surface area contributed by atoms with Crippen molar-refractivity contribution in [2.45, 2.75) is 58.5 Å². The summed E-state index contributed by atoms with van der Waals surface area (Å²) in [5.74, 6) is 1.25. The lowest BCUT2D eigenvalue weighted by Gasteiger charge is -2.39. The Kier molecular flexibility index (Phi) is 4.15. The first kappa shape index (κ1) is 14.3. The zero-order valence-corrected chi connectivity index (χ0v) is 12.9. The molecule has 0 aliphatic heterocycles. The van der Waals surface area contributed by atoms with Crippen molar-refractivity contribution in [2.75, 3.05) is 0 Å². The SMILES string of the molecule is CC1=CC(C)CC(c2ccccc2)C1NC(C)(C)C. The lowest BCUT2D eigenvalue weighted by Crippen LogP contribution is -2.48. The van der Waals surface area contributed by atoms with Crippen molar-refractivity contribution < 1.29 is 0 Å². The second kappa shape index (κ2) is 5.50. The molecule has 19 heavy (non-hydrogen) atoms. The van der Waals surface area contributed by atoms with Crippen LogP contribution in [0.1, 0.15) is 52.5 Å². The van der Waals surface area contributed by atoms with Gasteiger partial charge in [-0.3, -0.25) is 0 Å². The highest BCUT2D eigenvalue weighted by Gasteiger charge is 2.31. The van der Waals surface area contributed by atoms with E-state index in [-0.39, 0.29) is 5.54 Å². The fourth-order valence-electron chi connectivity index (χ4n) is 3.18. The molecule has 104 valence electrons. The number of allylic oxidation sites excluding steroid dienone is 1. The van der Waals surface area contributed by atoms with Gasteiger partial charge >= 0.3 is 0 Å². The maximum Gasteiger partial charge on any atom is 0.0350 e. The van der Waals surface area contributed by atoms with Gasteiger partial charge in [0, 0.05) is 17.5 Å². The van der Waals surface area contributed by atoms with Crippen molar-refractivity contribution >= 4 is 0 Å². The third-order valence-corrected chi connectivity index (χ3v) is 3.88. The number of nitrogens with one attached hydrogen (secondary N) is 1. The van der Waals surface area contributed by atoms with Gasteiger partial charge in [-0.1, -0.05) is 48.9 Å². The van der Waals surface area contributed by atoms with Crippen LogP contribution in [0.5, 0.6) is 0 Å². The zero-order chi connectivity index (χ0) is 14.0. The summed E-state index contributed by atoms with van der Waals surface area (Å²) >= 11 is 0. The average Bonchev–Trinajstić information content (AvgIpc) is 2.32. The third kappa shape index (κ3) is 3.70. The minimum atomic E-state index is 0.146. The molecular weight excluding hydrogens is 230 g/mol. The second-order valence-electron chi connectivity index (χ2n) is 7.01. The van der Waals surface area contributed by atoms with Gasteiger partial charge in [-0.2, -0.15) is 0 Å². The molecule has 1 nitrogen and oxygen atoms in total. The topological polar surface area (TPSA) is 12.0 Å². The molecule has 0 fully saturated rings. The van der Waals surface area contributed by atoms with Crippen molar-refractivity contribution in [3.63, 3.8) is 0 Å². The van der Waals surface area contributed by atoms with Crippen molar-refractivity contribution in [1.82, 2.24) is 5.32 Å². The van der Waals surface area contributed by atoms with Crippen LogP contribution in [0.25, 0.3) is 0 Å². The molecule has 1 aromatic rings. The van der Waals surface area contributed by atoms with E-state index in [4.69, 9.17) is 0 Å². The smallest absolute Gasteiger partial charge is 0.0350 e. The minimum Gasteiger partial charge on any atom is -0.305 e. The molecule has 1 heteroatoms. The van der Waals surface area contributed by atoms with E-state index < -0.39 is 0 Å². The first-order valence-electron chi connectivity index (χ1n) is 7.38. The van der Waals surface area contributed by atoms with Gasteiger partial charge in [-0.15, -0.1) is 0 Å². The standard InChI is InChI=1S/C18H27N/c1-13-11-14(2)17(19-18(3,4)5)16(12-13)15-9-7-6-8-10-15/h6-11,13,16-17,19H,12H2,1-5H3. The molecule has 0 saturated carbocycles. The van der Waals surface area contributed by atoms with Crippen molar-refractivity contribution in [3.05, 3.63) is 47.5 Å². The van der Waals surface area contributed by atoms with E-state index in [1.165, 1.54) is 17.6 Å². The predicted molar refractivity (Wildman–Crippen MR) is 83.4 cm³/mol. The number of benzene rings is 1. The fourth-order valence-corrected chi connectivity index (χ4v) is 3.18. The van der Waals surface area contributed by atoms with E-state index in [9.17, 15) is 0 Å². The van der Waals surface area contributed by atoms with Gasteiger partial charge in [0.05, 0.1) is 0 Å². The average molecular weight is 257 g/mol. The quantitative estimate of drug-likeness (QED) is 0.768. The van der Waals surface area contributed by atoms with Gasteiger partial charge in [0.1, 0.15) is 0 Å². The largest absolute Gasteiger partial charge is 0.305 e. The maximum absolute atomic E-state index is 3.81. The molecule has 3 atom stereocenters. The van der Waals surface area contributed by atoms with Gasteiger partial charge in [0.2, 0.25) is 0 Å². The molecule has 1 aliphatic rings. The Bertz CT molecular complexity index is 439. The molecule has 0 spiro atoms. The highest BCUT2D eigenvalue weighted by molar-refractivity contribution is 5.29. The lowest BCUT2D eigenvalue weighted by atomic mass is 9.75. The van der Waals surface area contributed by atoms with Crippen molar-refractivity contribution in [1.29, 1.82) is 0 Å². The van der Waals surface area contributed by atoms with E-state index in [1.807, 2.05) is 0 Å². The lowest BCUT2D eigenvalue weighted by molar-refractivity contribution is 0.317. The van der Waals surface area contributed by atoms with E-state index in [2.05, 4.69) is 76.3 Å². The molecular formula is C18H27N. The van der Waals surface area contributed by atoms with Gasteiger partial charge in [0.25, 0.3) is 0 Å². The molecule has 0 heterocycles. The molecule has 2 rings (SSSR count). The summed E-state index contributed by atoms with van der Waals surface area (Å²) in [6.45, 7) is 11.4. The number of hydrogen-bond donors (Lipinski definition) is 1.